The first-order chi connectivity index (χ1) is 9.97. The number of nitrogens with one attached hydrogen (secondary N) is 2. The van der Waals surface area contributed by atoms with Gasteiger partial charge in [-0.3, -0.25) is 4.79 Å². The van der Waals surface area contributed by atoms with Crippen molar-refractivity contribution in [3.8, 4) is 0 Å². The first-order valence-electron chi connectivity index (χ1n) is 5.90. The van der Waals surface area contributed by atoms with Crippen molar-refractivity contribution >= 4 is 68.0 Å². The summed E-state index contributed by atoms with van der Waals surface area (Å²) >= 11 is 21.1. The SMILES string of the molecule is O=C(CNc1ccccc1Br)Nc1cc(Cl)c(Cl)cc1Cl. The van der Waals surface area contributed by atoms with Crippen LogP contribution < -0.4 is 10.6 Å². The number of anilines is 2. The highest BCUT2D eigenvalue weighted by molar-refractivity contribution is 9.10. The maximum Gasteiger partial charge on any atom is 0.243 e. The van der Waals surface area contributed by atoms with Crippen LogP contribution in [0.15, 0.2) is 40.9 Å². The maximum absolute atomic E-state index is 11.9. The van der Waals surface area contributed by atoms with Crippen molar-refractivity contribution in [1.29, 1.82) is 0 Å². The molecule has 0 aliphatic heterocycles. The van der Waals surface area contributed by atoms with Crippen molar-refractivity contribution in [3.05, 3.63) is 55.9 Å². The molecule has 2 aromatic carbocycles. The zero-order valence-corrected chi connectivity index (χ0v) is 14.4. The molecule has 0 fully saturated rings. The molecule has 0 saturated heterocycles. The van der Waals surface area contributed by atoms with Gasteiger partial charge in [-0.05, 0) is 40.2 Å². The van der Waals surface area contributed by atoms with Gasteiger partial charge in [0, 0.05) is 10.2 Å². The van der Waals surface area contributed by atoms with Crippen LogP contribution in [-0.2, 0) is 4.79 Å². The van der Waals surface area contributed by atoms with Gasteiger partial charge in [-0.25, -0.2) is 0 Å². The number of hydrogen-bond donors (Lipinski definition) is 2. The predicted molar refractivity (Wildman–Crippen MR) is 92.7 cm³/mol. The minimum atomic E-state index is -0.244. The Morgan fingerprint density at radius 2 is 1.67 bits per heavy atom. The maximum atomic E-state index is 11.9. The number of hydrogen-bond acceptors (Lipinski definition) is 2. The Hall–Kier alpha value is -0.940. The van der Waals surface area contributed by atoms with Crippen LogP contribution in [0, 0.1) is 0 Å². The molecule has 0 spiro atoms. The van der Waals surface area contributed by atoms with E-state index in [0.29, 0.717) is 20.8 Å². The van der Waals surface area contributed by atoms with Gasteiger partial charge in [-0.2, -0.15) is 0 Å². The molecule has 0 aliphatic carbocycles. The molecule has 0 heterocycles. The van der Waals surface area contributed by atoms with E-state index in [2.05, 4.69) is 26.6 Å². The van der Waals surface area contributed by atoms with Crippen LogP contribution >= 0.6 is 50.7 Å². The predicted octanol–water partition coefficient (Wildman–Crippen LogP) is 5.46. The third-order valence-corrected chi connectivity index (χ3v) is 4.32. The zero-order valence-electron chi connectivity index (χ0n) is 10.6. The molecular formula is C14H10BrCl3N2O. The average molecular weight is 409 g/mol. The van der Waals surface area contributed by atoms with Crippen LogP contribution in [0.25, 0.3) is 0 Å². The van der Waals surface area contributed by atoms with Crippen molar-refractivity contribution in [3.63, 3.8) is 0 Å². The van der Waals surface area contributed by atoms with E-state index in [1.165, 1.54) is 12.1 Å². The fourth-order valence-electron chi connectivity index (χ4n) is 1.59. The topological polar surface area (TPSA) is 41.1 Å². The van der Waals surface area contributed by atoms with Crippen LogP contribution in [0.4, 0.5) is 11.4 Å². The summed E-state index contributed by atoms with van der Waals surface area (Å²) in [6.07, 6.45) is 0. The molecule has 0 radical (unpaired) electrons. The lowest BCUT2D eigenvalue weighted by atomic mass is 10.3. The van der Waals surface area contributed by atoms with E-state index in [9.17, 15) is 4.79 Å². The molecule has 0 unspecified atom stereocenters. The van der Waals surface area contributed by atoms with Crippen molar-refractivity contribution in [1.82, 2.24) is 0 Å². The summed E-state index contributed by atoms with van der Waals surface area (Å²) in [7, 11) is 0. The van der Waals surface area contributed by atoms with Crippen molar-refractivity contribution in [2.75, 3.05) is 17.2 Å². The summed E-state index contributed by atoms with van der Waals surface area (Å²) in [6, 6.07) is 10.5. The number of rotatable bonds is 4. The second-order valence-electron chi connectivity index (χ2n) is 4.13. The number of para-hydroxylation sites is 1. The number of benzene rings is 2. The van der Waals surface area contributed by atoms with E-state index >= 15 is 0 Å². The van der Waals surface area contributed by atoms with Gasteiger partial charge in [-0.1, -0.05) is 46.9 Å². The zero-order chi connectivity index (χ0) is 15.4. The molecule has 0 bridgehead atoms. The first kappa shape index (κ1) is 16.4. The highest BCUT2D eigenvalue weighted by Gasteiger charge is 2.09. The Labute approximate surface area is 145 Å². The number of amides is 1. The molecule has 110 valence electrons. The molecule has 1 amide bonds. The van der Waals surface area contributed by atoms with E-state index in [-0.39, 0.29) is 12.5 Å². The van der Waals surface area contributed by atoms with Crippen molar-refractivity contribution in [2.24, 2.45) is 0 Å². The Kier molecular flexibility index (Phi) is 5.76. The highest BCUT2D eigenvalue weighted by Crippen LogP contribution is 2.32. The third-order valence-electron chi connectivity index (χ3n) is 2.60. The minimum absolute atomic E-state index is 0.0964. The highest BCUT2D eigenvalue weighted by atomic mass is 79.9. The van der Waals surface area contributed by atoms with Gasteiger partial charge in [0.25, 0.3) is 0 Å². The van der Waals surface area contributed by atoms with Crippen LogP contribution in [0.1, 0.15) is 0 Å². The van der Waals surface area contributed by atoms with Gasteiger partial charge in [0.15, 0.2) is 0 Å². The molecule has 2 N–H and O–H groups in total. The fourth-order valence-corrected chi connectivity index (χ4v) is 2.61. The quantitative estimate of drug-likeness (QED) is 0.660. The Balaban J connectivity index is 1.99. The number of carbonyl (C=O) groups is 1. The van der Waals surface area contributed by atoms with Crippen LogP contribution in [0.3, 0.4) is 0 Å². The molecular weight excluding hydrogens is 398 g/mol. The van der Waals surface area contributed by atoms with E-state index in [1.54, 1.807) is 0 Å². The van der Waals surface area contributed by atoms with Gasteiger partial charge >= 0.3 is 0 Å². The lowest BCUT2D eigenvalue weighted by molar-refractivity contribution is -0.114. The lowest BCUT2D eigenvalue weighted by Gasteiger charge is -2.11. The van der Waals surface area contributed by atoms with E-state index < -0.39 is 0 Å². The minimum Gasteiger partial charge on any atom is -0.375 e. The standard InChI is InChI=1S/C14H10BrCl3N2O/c15-8-3-1-2-4-12(8)19-7-14(21)20-13-6-10(17)9(16)5-11(13)18/h1-6,19H,7H2,(H,20,21). The Bertz CT molecular complexity index is 679. The molecule has 0 saturated carbocycles. The summed E-state index contributed by atoms with van der Waals surface area (Å²) in [5, 5.41) is 6.69. The monoisotopic (exact) mass is 406 g/mol. The number of carbonyl (C=O) groups excluding carboxylic acids is 1. The van der Waals surface area contributed by atoms with E-state index in [4.69, 9.17) is 34.8 Å². The van der Waals surface area contributed by atoms with Crippen LogP contribution in [0.5, 0.6) is 0 Å². The Morgan fingerprint density at radius 3 is 2.38 bits per heavy atom. The summed E-state index contributed by atoms with van der Waals surface area (Å²) in [5.74, 6) is -0.244. The molecule has 2 rings (SSSR count). The molecule has 2 aromatic rings. The fraction of sp³-hybridized carbons (Fsp3) is 0.0714. The molecule has 3 nitrogen and oxygen atoms in total. The Morgan fingerprint density at radius 1 is 1.00 bits per heavy atom. The largest absolute Gasteiger partial charge is 0.375 e. The van der Waals surface area contributed by atoms with Crippen molar-refractivity contribution < 1.29 is 4.79 Å². The second-order valence-corrected chi connectivity index (χ2v) is 6.20. The normalized spacial score (nSPS) is 10.3. The van der Waals surface area contributed by atoms with E-state index in [0.717, 1.165) is 10.2 Å². The van der Waals surface area contributed by atoms with Gasteiger partial charge in [0.05, 0.1) is 27.3 Å². The van der Waals surface area contributed by atoms with Gasteiger partial charge in [-0.15, -0.1) is 0 Å². The molecule has 0 aliphatic rings. The second kappa shape index (κ2) is 7.36. The van der Waals surface area contributed by atoms with Crippen molar-refractivity contribution in [2.45, 2.75) is 0 Å². The van der Waals surface area contributed by atoms with Gasteiger partial charge in [0.2, 0.25) is 5.91 Å². The summed E-state index contributed by atoms with van der Waals surface area (Å²) < 4.78 is 0.880. The lowest BCUT2D eigenvalue weighted by Crippen LogP contribution is -2.22. The molecule has 0 atom stereocenters. The molecule has 7 heteroatoms. The van der Waals surface area contributed by atoms with Gasteiger partial charge in [0.1, 0.15) is 0 Å². The molecule has 21 heavy (non-hydrogen) atoms. The number of halogens is 4. The van der Waals surface area contributed by atoms with Crippen LogP contribution in [-0.4, -0.2) is 12.5 Å². The van der Waals surface area contributed by atoms with Crippen LogP contribution in [0.2, 0.25) is 15.1 Å². The first-order valence-corrected chi connectivity index (χ1v) is 7.83. The smallest absolute Gasteiger partial charge is 0.243 e. The summed E-state index contributed by atoms with van der Waals surface area (Å²) in [6.45, 7) is 0.0964. The van der Waals surface area contributed by atoms with E-state index in [1.807, 2.05) is 24.3 Å². The summed E-state index contributed by atoms with van der Waals surface area (Å²) in [4.78, 5) is 11.9. The third kappa shape index (κ3) is 4.51. The average Bonchev–Trinajstić information content (AvgIpc) is 2.44. The molecule has 0 aromatic heterocycles. The van der Waals surface area contributed by atoms with Gasteiger partial charge < -0.3 is 10.6 Å². The summed E-state index contributed by atoms with van der Waals surface area (Å²) in [5.41, 5.74) is 1.25.